The molecule has 4 rings (SSSR count). The maximum absolute atomic E-state index is 2.55. The van der Waals surface area contributed by atoms with Crippen LogP contribution in [0.15, 0.2) is 48.6 Å². The molecule has 122 valence electrons. The van der Waals surface area contributed by atoms with Gasteiger partial charge in [-0.25, -0.2) is 0 Å². The zero-order valence-corrected chi connectivity index (χ0v) is 14.9. The fourth-order valence-corrected chi connectivity index (χ4v) is 6.72. The SMILES string of the molecule is CC1C[C@@H](C)C(B2C3C=CC=CC3CC3C=CC=CC23)[C@H](C)C1. The van der Waals surface area contributed by atoms with Crippen LogP contribution >= 0.6 is 0 Å². The molecule has 0 nitrogen and oxygen atoms in total. The Labute approximate surface area is 142 Å². The molecule has 0 bridgehead atoms. The lowest BCUT2D eigenvalue weighted by Crippen LogP contribution is -2.47. The van der Waals surface area contributed by atoms with E-state index < -0.39 is 0 Å². The van der Waals surface area contributed by atoms with Crippen LogP contribution in [-0.2, 0) is 0 Å². The smallest absolute Gasteiger partial charge is 0.0880 e. The van der Waals surface area contributed by atoms with Gasteiger partial charge in [0.25, 0.3) is 0 Å². The highest BCUT2D eigenvalue weighted by Gasteiger charge is 2.51. The minimum atomic E-state index is 0.765. The van der Waals surface area contributed by atoms with E-state index in [1.807, 2.05) is 0 Å². The summed E-state index contributed by atoms with van der Waals surface area (Å²) in [6.07, 6.45) is 23.5. The lowest BCUT2D eigenvalue weighted by atomic mass is 9.19. The summed E-state index contributed by atoms with van der Waals surface area (Å²) < 4.78 is 0. The van der Waals surface area contributed by atoms with Crippen molar-refractivity contribution in [1.82, 2.24) is 0 Å². The molecule has 23 heavy (non-hydrogen) atoms. The fourth-order valence-electron chi connectivity index (χ4n) is 6.72. The summed E-state index contributed by atoms with van der Waals surface area (Å²) in [5, 5.41) is 0. The molecule has 0 aromatic rings. The quantitative estimate of drug-likeness (QED) is 0.507. The van der Waals surface area contributed by atoms with Crippen LogP contribution in [0.25, 0.3) is 0 Å². The zero-order chi connectivity index (χ0) is 16.0. The zero-order valence-electron chi connectivity index (χ0n) is 14.9. The highest BCUT2D eigenvalue weighted by atomic mass is 14.4. The van der Waals surface area contributed by atoms with E-state index in [4.69, 9.17) is 0 Å². The van der Waals surface area contributed by atoms with Gasteiger partial charge in [0.15, 0.2) is 6.71 Å². The first-order chi connectivity index (χ1) is 11.1. The second kappa shape index (κ2) is 6.15. The van der Waals surface area contributed by atoms with Crippen molar-refractivity contribution in [3.8, 4) is 0 Å². The second-order valence-corrected chi connectivity index (χ2v) is 8.94. The molecule has 4 unspecified atom stereocenters. The van der Waals surface area contributed by atoms with Crippen molar-refractivity contribution in [3.05, 3.63) is 48.6 Å². The third kappa shape index (κ3) is 2.71. The molecule has 3 aliphatic carbocycles. The largest absolute Gasteiger partial charge is 0.159 e. The molecule has 0 aromatic heterocycles. The number of allylic oxidation sites excluding steroid dienone is 8. The first-order valence-corrected chi connectivity index (χ1v) is 9.85. The normalized spacial score (nSPS) is 48.2. The Balaban J connectivity index is 1.70. The van der Waals surface area contributed by atoms with Crippen LogP contribution < -0.4 is 0 Å². The molecular weight excluding hydrogens is 275 g/mol. The Kier molecular flexibility index (Phi) is 4.16. The van der Waals surface area contributed by atoms with Gasteiger partial charge >= 0.3 is 0 Å². The third-order valence-corrected chi connectivity index (χ3v) is 7.33. The predicted octanol–water partition coefficient (Wildman–Crippen LogP) is 6.18. The van der Waals surface area contributed by atoms with Gasteiger partial charge in [-0.15, -0.1) is 0 Å². The van der Waals surface area contributed by atoms with Crippen molar-refractivity contribution in [2.45, 2.75) is 57.5 Å². The third-order valence-electron chi connectivity index (χ3n) is 7.33. The predicted molar refractivity (Wildman–Crippen MR) is 102 cm³/mol. The topological polar surface area (TPSA) is 0 Å². The van der Waals surface area contributed by atoms with E-state index >= 15 is 0 Å². The average Bonchev–Trinajstić information content (AvgIpc) is 2.53. The van der Waals surface area contributed by atoms with E-state index in [0.29, 0.717) is 0 Å². The van der Waals surface area contributed by atoms with E-state index in [1.165, 1.54) is 19.3 Å². The Hall–Kier alpha value is -0.975. The molecule has 1 saturated carbocycles. The van der Waals surface area contributed by atoms with Crippen LogP contribution in [-0.4, -0.2) is 6.71 Å². The van der Waals surface area contributed by atoms with E-state index in [0.717, 1.165) is 53.8 Å². The molecule has 1 saturated heterocycles. The summed E-state index contributed by atoms with van der Waals surface area (Å²) in [5.74, 6) is 6.60. The van der Waals surface area contributed by atoms with Gasteiger partial charge in [0.1, 0.15) is 0 Å². The lowest BCUT2D eigenvalue weighted by molar-refractivity contribution is 0.223. The van der Waals surface area contributed by atoms with E-state index in [1.54, 1.807) is 0 Å². The number of rotatable bonds is 1. The van der Waals surface area contributed by atoms with Gasteiger partial charge < -0.3 is 0 Å². The molecule has 6 atom stereocenters. The van der Waals surface area contributed by atoms with Gasteiger partial charge in [-0.05, 0) is 60.5 Å². The molecule has 0 N–H and O–H groups in total. The maximum atomic E-state index is 2.55. The summed E-state index contributed by atoms with van der Waals surface area (Å²) in [6, 6.07) is 0. The minimum Gasteiger partial charge on any atom is -0.0880 e. The Morgan fingerprint density at radius 2 is 1.13 bits per heavy atom. The molecule has 1 heteroatoms. The molecule has 2 fully saturated rings. The molecule has 1 heterocycles. The summed E-state index contributed by atoms with van der Waals surface area (Å²) in [5.41, 5.74) is 0. The van der Waals surface area contributed by atoms with Crippen molar-refractivity contribution in [3.63, 3.8) is 0 Å². The van der Waals surface area contributed by atoms with E-state index in [9.17, 15) is 0 Å². The van der Waals surface area contributed by atoms with Crippen LogP contribution in [0.5, 0.6) is 0 Å². The first kappa shape index (κ1) is 15.5. The van der Waals surface area contributed by atoms with Crippen LogP contribution in [0, 0.1) is 29.6 Å². The molecule has 0 amide bonds. The fraction of sp³-hybridized carbons (Fsp3) is 0.636. The molecule has 1 aliphatic heterocycles. The van der Waals surface area contributed by atoms with Gasteiger partial charge in [0.05, 0.1) is 0 Å². The number of hydrogen-bond donors (Lipinski definition) is 0. The highest BCUT2D eigenvalue weighted by Crippen LogP contribution is 2.57. The minimum absolute atomic E-state index is 0.765. The summed E-state index contributed by atoms with van der Waals surface area (Å²) in [7, 11) is 0. The van der Waals surface area contributed by atoms with Gasteiger partial charge in [-0.3, -0.25) is 0 Å². The first-order valence-electron chi connectivity index (χ1n) is 9.85. The number of hydrogen-bond acceptors (Lipinski definition) is 0. The monoisotopic (exact) mass is 306 g/mol. The second-order valence-electron chi connectivity index (χ2n) is 8.94. The summed E-state index contributed by atoms with van der Waals surface area (Å²) in [6.45, 7) is 8.38. The van der Waals surface area contributed by atoms with Gasteiger partial charge in [0, 0.05) is 0 Å². The molecular formula is C22H31B. The van der Waals surface area contributed by atoms with Gasteiger partial charge in [0.2, 0.25) is 0 Å². The van der Waals surface area contributed by atoms with Crippen LogP contribution in [0.3, 0.4) is 0 Å². The Morgan fingerprint density at radius 1 is 0.652 bits per heavy atom. The average molecular weight is 306 g/mol. The highest BCUT2D eigenvalue weighted by molar-refractivity contribution is 6.65. The lowest BCUT2D eigenvalue weighted by Gasteiger charge is -2.52. The van der Waals surface area contributed by atoms with Crippen molar-refractivity contribution in [1.29, 1.82) is 0 Å². The molecule has 0 aromatic carbocycles. The maximum Gasteiger partial charge on any atom is 0.159 e. The van der Waals surface area contributed by atoms with Crippen molar-refractivity contribution >= 4 is 6.71 Å². The van der Waals surface area contributed by atoms with Crippen LogP contribution in [0.1, 0.15) is 40.0 Å². The summed E-state index contributed by atoms with van der Waals surface area (Å²) in [4.78, 5) is 0. The molecule has 0 spiro atoms. The Morgan fingerprint density at radius 3 is 1.65 bits per heavy atom. The van der Waals surface area contributed by atoms with Crippen molar-refractivity contribution in [2.75, 3.05) is 0 Å². The van der Waals surface area contributed by atoms with Crippen LogP contribution in [0.4, 0.5) is 0 Å². The number of fused-ring (bicyclic) bond motifs is 2. The van der Waals surface area contributed by atoms with Crippen molar-refractivity contribution in [2.24, 2.45) is 29.6 Å². The van der Waals surface area contributed by atoms with Gasteiger partial charge in [-0.2, -0.15) is 0 Å². The molecule has 4 aliphatic rings. The van der Waals surface area contributed by atoms with Crippen molar-refractivity contribution < 1.29 is 0 Å². The van der Waals surface area contributed by atoms with E-state index in [-0.39, 0.29) is 0 Å². The van der Waals surface area contributed by atoms with E-state index in [2.05, 4.69) is 69.4 Å². The standard InChI is InChI=1S/C22H31B/c1-15-12-16(2)22(17(3)13-15)23-20-10-6-4-8-18(20)14-19-9-5-7-11-21(19)23/h4-11,15-22H,12-14H2,1-3H3/t15?,16-,17-,18?,19?,20?,21?,22?/m1/s1. The molecule has 0 radical (unpaired) electrons. The Bertz CT molecular complexity index is 508. The summed E-state index contributed by atoms with van der Waals surface area (Å²) >= 11 is 0. The van der Waals surface area contributed by atoms with Crippen LogP contribution in [0.2, 0.25) is 17.5 Å². The van der Waals surface area contributed by atoms with Gasteiger partial charge in [-0.1, -0.05) is 75.2 Å².